The molecule has 5 heteroatoms. The Morgan fingerprint density at radius 3 is 2.71 bits per heavy atom. The number of aryl methyl sites for hydroxylation is 1. The van der Waals surface area contributed by atoms with E-state index in [1.807, 2.05) is 12.1 Å². The Morgan fingerprint density at radius 2 is 1.94 bits per heavy atom. The predicted molar refractivity (Wildman–Crippen MR) is 122 cm³/mol. The molecule has 2 aliphatic heterocycles. The van der Waals surface area contributed by atoms with Gasteiger partial charge in [-0.05, 0) is 67.3 Å². The maximum Gasteiger partial charge on any atom is 0.341 e. The fourth-order valence-corrected chi connectivity index (χ4v) is 4.70. The van der Waals surface area contributed by atoms with E-state index in [-0.39, 0.29) is 5.97 Å². The number of esters is 1. The maximum absolute atomic E-state index is 12.5. The Labute approximate surface area is 185 Å². The van der Waals surface area contributed by atoms with Crippen LogP contribution in [0.3, 0.4) is 0 Å². The molecule has 0 saturated carbocycles. The average Bonchev–Trinajstić information content (AvgIpc) is 2.83. The van der Waals surface area contributed by atoms with Gasteiger partial charge in [-0.15, -0.1) is 0 Å². The van der Waals surface area contributed by atoms with E-state index in [0.717, 1.165) is 57.4 Å². The lowest BCUT2D eigenvalue weighted by Gasteiger charge is -2.39. The molecule has 0 bridgehead atoms. The highest BCUT2D eigenvalue weighted by atomic mass is 16.5. The molecular weight excluding hydrogens is 390 g/mol. The zero-order valence-corrected chi connectivity index (χ0v) is 18.6. The SMILES string of the molecule is CC[C@@H]1CCc2ccccc2N1Cc1ccc(OCC2CCOCC2)c(C(=O)OC)c1. The van der Waals surface area contributed by atoms with Crippen molar-refractivity contribution in [1.29, 1.82) is 0 Å². The second-order valence-corrected chi connectivity index (χ2v) is 8.55. The van der Waals surface area contributed by atoms with Crippen LogP contribution in [0.5, 0.6) is 5.75 Å². The van der Waals surface area contributed by atoms with Crippen molar-refractivity contribution < 1.29 is 19.0 Å². The lowest BCUT2D eigenvalue weighted by Crippen LogP contribution is -2.38. The molecule has 5 nitrogen and oxygen atoms in total. The molecule has 2 aliphatic rings. The van der Waals surface area contributed by atoms with Gasteiger partial charge in [-0.25, -0.2) is 4.79 Å². The van der Waals surface area contributed by atoms with Gasteiger partial charge in [0.15, 0.2) is 0 Å². The number of hydrogen-bond acceptors (Lipinski definition) is 5. The van der Waals surface area contributed by atoms with Crippen LogP contribution >= 0.6 is 0 Å². The number of carbonyl (C=O) groups excluding carboxylic acids is 1. The lowest BCUT2D eigenvalue weighted by molar-refractivity contribution is 0.0483. The summed E-state index contributed by atoms with van der Waals surface area (Å²) in [7, 11) is 1.42. The molecule has 0 radical (unpaired) electrons. The molecule has 1 saturated heterocycles. The largest absolute Gasteiger partial charge is 0.492 e. The first-order valence-corrected chi connectivity index (χ1v) is 11.5. The molecule has 2 heterocycles. The summed E-state index contributed by atoms with van der Waals surface area (Å²) in [6.07, 6.45) is 5.38. The van der Waals surface area contributed by atoms with Crippen LogP contribution < -0.4 is 9.64 Å². The third-order valence-electron chi connectivity index (χ3n) is 6.58. The molecular formula is C26H33NO4. The van der Waals surface area contributed by atoms with Gasteiger partial charge in [0.1, 0.15) is 11.3 Å². The van der Waals surface area contributed by atoms with E-state index >= 15 is 0 Å². The first-order chi connectivity index (χ1) is 15.2. The molecule has 0 N–H and O–H groups in total. The molecule has 2 aromatic carbocycles. The van der Waals surface area contributed by atoms with Crippen molar-refractivity contribution >= 4 is 11.7 Å². The van der Waals surface area contributed by atoms with E-state index in [0.29, 0.717) is 29.9 Å². The molecule has 0 spiro atoms. The summed E-state index contributed by atoms with van der Waals surface area (Å²) in [5.74, 6) is 0.720. The first kappa shape index (κ1) is 21.7. The van der Waals surface area contributed by atoms with Gasteiger partial charge in [0.05, 0.1) is 13.7 Å². The Hall–Kier alpha value is -2.53. The van der Waals surface area contributed by atoms with Crippen LogP contribution in [-0.2, 0) is 22.4 Å². The van der Waals surface area contributed by atoms with E-state index < -0.39 is 0 Å². The van der Waals surface area contributed by atoms with E-state index in [2.05, 4.69) is 42.2 Å². The van der Waals surface area contributed by atoms with Gasteiger partial charge in [-0.2, -0.15) is 0 Å². The van der Waals surface area contributed by atoms with Crippen molar-refractivity contribution in [3.63, 3.8) is 0 Å². The van der Waals surface area contributed by atoms with E-state index in [1.165, 1.54) is 18.4 Å². The number of anilines is 1. The van der Waals surface area contributed by atoms with Crippen LogP contribution in [0.25, 0.3) is 0 Å². The van der Waals surface area contributed by atoms with E-state index in [9.17, 15) is 4.79 Å². The van der Waals surface area contributed by atoms with Gasteiger partial charge >= 0.3 is 5.97 Å². The second kappa shape index (κ2) is 10.2. The molecule has 0 unspecified atom stereocenters. The van der Waals surface area contributed by atoms with Crippen molar-refractivity contribution in [2.45, 2.75) is 51.6 Å². The minimum absolute atomic E-state index is 0.352. The van der Waals surface area contributed by atoms with Crippen LogP contribution in [-0.4, -0.2) is 38.9 Å². The molecule has 1 atom stereocenters. The quantitative estimate of drug-likeness (QED) is 0.586. The van der Waals surface area contributed by atoms with Crippen LogP contribution in [0.1, 0.15) is 54.1 Å². The Kier molecular flexibility index (Phi) is 7.13. The standard InChI is InChI=1S/C26H33NO4/c1-3-22-10-9-21-6-4-5-7-24(21)27(22)17-20-8-11-25(23(16-20)26(28)29-2)31-18-19-12-14-30-15-13-19/h4-8,11,16,19,22H,3,9-10,12-15,17-18H2,1-2H3/t22-/m1/s1. The molecule has 166 valence electrons. The van der Waals surface area contributed by atoms with Crippen molar-refractivity contribution in [3.8, 4) is 5.75 Å². The maximum atomic E-state index is 12.5. The monoisotopic (exact) mass is 423 g/mol. The number of hydrogen-bond donors (Lipinski definition) is 0. The normalized spacial score (nSPS) is 19.0. The fraction of sp³-hybridized carbons (Fsp3) is 0.500. The molecule has 1 fully saturated rings. The molecule has 0 aromatic heterocycles. The number of carbonyl (C=O) groups is 1. The summed E-state index contributed by atoms with van der Waals surface area (Å²) < 4.78 is 16.6. The Balaban J connectivity index is 1.55. The van der Waals surface area contributed by atoms with Crippen molar-refractivity contribution in [3.05, 3.63) is 59.2 Å². The predicted octanol–water partition coefficient (Wildman–Crippen LogP) is 5.01. The molecule has 2 aromatic rings. The second-order valence-electron chi connectivity index (χ2n) is 8.55. The Bertz CT molecular complexity index is 891. The molecule has 31 heavy (non-hydrogen) atoms. The van der Waals surface area contributed by atoms with Gasteiger partial charge in [-0.1, -0.05) is 31.2 Å². The van der Waals surface area contributed by atoms with Crippen molar-refractivity contribution in [2.75, 3.05) is 31.8 Å². The third kappa shape index (κ3) is 5.04. The number of rotatable bonds is 7. The molecule has 0 amide bonds. The van der Waals surface area contributed by atoms with Crippen LogP contribution in [0.2, 0.25) is 0 Å². The van der Waals surface area contributed by atoms with E-state index in [1.54, 1.807) is 0 Å². The smallest absolute Gasteiger partial charge is 0.341 e. The van der Waals surface area contributed by atoms with Gasteiger partial charge in [-0.3, -0.25) is 0 Å². The van der Waals surface area contributed by atoms with Crippen LogP contribution in [0, 0.1) is 5.92 Å². The summed E-state index contributed by atoms with van der Waals surface area (Å²) in [5, 5.41) is 0. The van der Waals surface area contributed by atoms with Crippen LogP contribution in [0.4, 0.5) is 5.69 Å². The molecule has 0 aliphatic carbocycles. The number of nitrogens with zero attached hydrogens (tertiary/aromatic N) is 1. The van der Waals surface area contributed by atoms with Crippen LogP contribution in [0.15, 0.2) is 42.5 Å². The first-order valence-electron chi connectivity index (χ1n) is 11.5. The lowest BCUT2D eigenvalue weighted by atomic mass is 9.93. The summed E-state index contributed by atoms with van der Waals surface area (Å²) in [6.45, 7) is 5.18. The van der Waals surface area contributed by atoms with Gasteiger partial charge in [0.25, 0.3) is 0 Å². The zero-order valence-electron chi connectivity index (χ0n) is 18.6. The minimum Gasteiger partial charge on any atom is -0.492 e. The van der Waals surface area contributed by atoms with E-state index in [4.69, 9.17) is 14.2 Å². The van der Waals surface area contributed by atoms with Gasteiger partial charge < -0.3 is 19.1 Å². The summed E-state index contributed by atoms with van der Waals surface area (Å²) in [4.78, 5) is 15.0. The van der Waals surface area contributed by atoms with Gasteiger partial charge in [0.2, 0.25) is 0 Å². The van der Waals surface area contributed by atoms with Gasteiger partial charge in [0, 0.05) is 31.5 Å². The molecule has 4 rings (SSSR count). The summed E-state index contributed by atoms with van der Waals surface area (Å²) in [6, 6.07) is 15.1. The van der Waals surface area contributed by atoms with Crippen molar-refractivity contribution in [1.82, 2.24) is 0 Å². The highest BCUT2D eigenvalue weighted by Crippen LogP contribution is 2.34. The topological polar surface area (TPSA) is 48.0 Å². The highest BCUT2D eigenvalue weighted by molar-refractivity contribution is 5.92. The third-order valence-corrected chi connectivity index (χ3v) is 6.58. The minimum atomic E-state index is -0.352. The average molecular weight is 424 g/mol. The highest BCUT2D eigenvalue weighted by Gasteiger charge is 2.25. The Morgan fingerprint density at radius 1 is 1.13 bits per heavy atom. The summed E-state index contributed by atoms with van der Waals surface area (Å²) in [5.41, 5.74) is 4.30. The summed E-state index contributed by atoms with van der Waals surface area (Å²) >= 11 is 0. The number of fused-ring (bicyclic) bond motifs is 1. The number of para-hydroxylation sites is 1. The number of methoxy groups -OCH3 is 1. The zero-order chi connectivity index (χ0) is 21.6. The fourth-order valence-electron chi connectivity index (χ4n) is 4.70. The number of benzene rings is 2. The number of ether oxygens (including phenoxy) is 3. The van der Waals surface area contributed by atoms with Crippen molar-refractivity contribution in [2.24, 2.45) is 5.92 Å².